The number of rotatable bonds is 3. The zero-order valence-electron chi connectivity index (χ0n) is 19.8. The van der Waals surface area contributed by atoms with Gasteiger partial charge in [0.25, 0.3) is 5.91 Å². The second kappa shape index (κ2) is 9.08. The van der Waals surface area contributed by atoms with Crippen LogP contribution < -0.4 is 4.90 Å². The molecule has 3 heterocycles. The Bertz CT molecular complexity index is 1660. The van der Waals surface area contributed by atoms with Crippen LogP contribution in [0.2, 0.25) is 5.02 Å². The van der Waals surface area contributed by atoms with Gasteiger partial charge in [0, 0.05) is 42.2 Å². The Hall–Kier alpha value is -4.11. The molecule has 3 aromatic carbocycles. The number of aryl methyl sites for hydroxylation is 1. The molecule has 0 saturated carbocycles. The third-order valence-electron chi connectivity index (χ3n) is 6.59. The molecule has 0 spiro atoms. The fourth-order valence-electron chi connectivity index (χ4n) is 4.75. The van der Waals surface area contributed by atoms with Crippen LogP contribution in [-0.2, 0) is 0 Å². The number of amides is 1. The van der Waals surface area contributed by atoms with Crippen LogP contribution in [0.3, 0.4) is 0 Å². The summed E-state index contributed by atoms with van der Waals surface area (Å²) in [5, 5.41) is 10.4. The van der Waals surface area contributed by atoms with E-state index in [1.807, 2.05) is 46.6 Å². The summed E-state index contributed by atoms with van der Waals surface area (Å²) in [6.07, 6.45) is 0. The highest BCUT2D eigenvalue weighted by molar-refractivity contribution is 6.31. The average Bonchev–Trinajstić information content (AvgIpc) is 3.33. The second-order valence-corrected chi connectivity index (χ2v) is 9.44. The molecule has 2 aromatic heterocycles. The Kier molecular flexibility index (Phi) is 5.72. The number of carbonyl (C=O) groups excluding carboxylic acids is 1. The molecule has 37 heavy (non-hydrogen) atoms. The summed E-state index contributed by atoms with van der Waals surface area (Å²) in [6.45, 7) is 3.36. The van der Waals surface area contributed by atoms with Crippen LogP contribution in [0.1, 0.15) is 15.9 Å². The molecule has 1 fully saturated rings. The maximum atomic E-state index is 14.2. The Balaban J connectivity index is 1.40. The average molecular weight is 519 g/mol. The summed E-state index contributed by atoms with van der Waals surface area (Å²) in [5.74, 6) is -1.15. The van der Waals surface area contributed by atoms with Crippen molar-refractivity contribution < 1.29 is 13.6 Å². The van der Waals surface area contributed by atoms with E-state index in [1.165, 1.54) is 11.0 Å². The second-order valence-electron chi connectivity index (χ2n) is 9.00. The molecule has 1 amide bonds. The minimum Gasteiger partial charge on any atom is -0.338 e. The Morgan fingerprint density at radius 3 is 2.38 bits per heavy atom. The number of nitrogens with zero attached hydrogens (tertiary/aromatic N) is 6. The summed E-state index contributed by atoms with van der Waals surface area (Å²) in [5.41, 5.74) is 2.76. The lowest BCUT2D eigenvalue weighted by atomic mass is 10.1. The smallest absolute Gasteiger partial charge is 0.259 e. The summed E-state index contributed by atoms with van der Waals surface area (Å²) in [6, 6.07) is 16.8. The van der Waals surface area contributed by atoms with Crippen LogP contribution in [0.25, 0.3) is 27.9 Å². The van der Waals surface area contributed by atoms with Gasteiger partial charge in [-0.2, -0.15) is 0 Å². The van der Waals surface area contributed by atoms with Crippen LogP contribution >= 0.6 is 11.6 Å². The maximum Gasteiger partial charge on any atom is 0.259 e. The first kappa shape index (κ1) is 23.3. The third-order valence-corrected chi connectivity index (χ3v) is 6.82. The number of carbonyl (C=O) groups is 1. The molecule has 0 radical (unpaired) electrons. The van der Waals surface area contributed by atoms with Crippen molar-refractivity contribution in [2.75, 3.05) is 31.1 Å². The van der Waals surface area contributed by atoms with Crippen LogP contribution in [-0.4, -0.2) is 56.6 Å². The van der Waals surface area contributed by atoms with Crippen LogP contribution in [0.15, 0.2) is 60.7 Å². The highest BCUT2D eigenvalue weighted by atomic mass is 35.5. The third kappa shape index (κ3) is 4.05. The largest absolute Gasteiger partial charge is 0.338 e. The van der Waals surface area contributed by atoms with E-state index >= 15 is 0 Å². The first-order chi connectivity index (χ1) is 17.9. The molecule has 5 aromatic rings. The van der Waals surface area contributed by atoms with Gasteiger partial charge in [-0.3, -0.25) is 4.79 Å². The fraction of sp³-hybridized carbons (Fsp3) is 0.185. The van der Waals surface area contributed by atoms with Crippen LogP contribution in [0.5, 0.6) is 0 Å². The van der Waals surface area contributed by atoms with Crippen molar-refractivity contribution in [2.24, 2.45) is 0 Å². The van der Waals surface area contributed by atoms with Gasteiger partial charge in [0.1, 0.15) is 17.2 Å². The number of aromatic nitrogens is 4. The van der Waals surface area contributed by atoms with Gasteiger partial charge in [-0.1, -0.05) is 41.4 Å². The van der Waals surface area contributed by atoms with Crippen LogP contribution in [0, 0.1) is 18.6 Å². The predicted molar refractivity (Wildman–Crippen MR) is 138 cm³/mol. The monoisotopic (exact) mass is 518 g/mol. The van der Waals surface area contributed by atoms with Gasteiger partial charge < -0.3 is 9.80 Å². The van der Waals surface area contributed by atoms with E-state index in [-0.39, 0.29) is 13.1 Å². The number of piperazine rings is 1. The van der Waals surface area contributed by atoms with Crippen molar-refractivity contribution in [1.29, 1.82) is 0 Å². The van der Waals surface area contributed by atoms with E-state index in [0.717, 1.165) is 28.6 Å². The minimum atomic E-state index is -0.866. The van der Waals surface area contributed by atoms with Gasteiger partial charge in [0.05, 0.1) is 5.52 Å². The van der Waals surface area contributed by atoms with E-state index in [4.69, 9.17) is 16.6 Å². The molecule has 1 saturated heterocycles. The molecule has 0 unspecified atom stereocenters. The van der Waals surface area contributed by atoms with Crippen molar-refractivity contribution in [3.05, 3.63) is 88.4 Å². The molecule has 0 aliphatic carbocycles. The van der Waals surface area contributed by atoms with Crippen LogP contribution in [0.4, 0.5) is 14.7 Å². The summed E-state index contributed by atoms with van der Waals surface area (Å²) in [7, 11) is 0. The van der Waals surface area contributed by atoms with Crippen molar-refractivity contribution in [3.8, 4) is 11.4 Å². The Morgan fingerprint density at radius 1 is 0.919 bits per heavy atom. The molecule has 6 rings (SSSR count). The van der Waals surface area contributed by atoms with Crippen molar-refractivity contribution in [2.45, 2.75) is 6.92 Å². The van der Waals surface area contributed by atoms with Crippen molar-refractivity contribution >= 4 is 40.0 Å². The predicted octanol–water partition coefficient (Wildman–Crippen LogP) is 5.15. The van der Waals surface area contributed by atoms with Gasteiger partial charge in [-0.15, -0.1) is 10.2 Å². The van der Waals surface area contributed by atoms with E-state index in [1.54, 1.807) is 12.1 Å². The van der Waals surface area contributed by atoms with Gasteiger partial charge in [-0.05, 0) is 43.3 Å². The summed E-state index contributed by atoms with van der Waals surface area (Å²) in [4.78, 5) is 21.3. The number of anilines is 1. The lowest BCUT2D eigenvalue weighted by Gasteiger charge is -2.35. The number of hydrogen-bond donors (Lipinski definition) is 0. The molecule has 1 aliphatic heterocycles. The SMILES string of the molecule is Cc1cccc(-c2nnc3c4ccc(Cl)cc4nc(N4CCN(C(=O)c5c(F)cccc5F)CC4)n23)c1. The first-order valence-electron chi connectivity index (χ1n) is 11.8. The molecule has 0 bridgehead atoms. The highest BCUT2D eigenvalue weighted by Crippen LogP contribution is 2.30. The quantitative estimate of drug-likeness (QED) is 0.330. The topological polar surface area (TPSA) is 66.6 Å². The normalized spacial score (nSPS) is 14.1. The molecule has 1 aliphatic rings. The molecule has 0 N–H and O–H groups in total. The van der Waals surface area contributed by atoms with Crippen molar-refractivity contribution in [1.82, 2.24) is 24.5 Å². The maximum absolute atomic E-state index is 14.2. The standard InChI is InChI=1S/C27H21ClF2N6O/c1-16-4-2-5-17(14-16)24-32-33-25-19-9-8-18(28)15-22(19)31-27(36(24)25)35-12-10-34(11-13-35)26(37)23-20(29)6-3-7-21(23)30/h2-9,14-15H,10-13H2,1H3. The zero-order chi connectivity index (χ0) is 25.7. The van der Waals surface area contributed by atoms with E-state index in [2.05, 4.69) is 10.2 Å². The number of fused-ring (bicyclic) bond motifs is 3. The minimum absolute atomic E-state index is 0.269. The summed E-state index contributed by atoms with van der Waals surface area (Å²) >= 11 is 6.26. The number of halogens is 3. The zero-order valence-corrected chi connectivity index (χ0v) is 20.6. The molecule has 10 heteroatoms. The van der Waals surface area contributed by atoms with E-state index in [9.17, 15) is 13.6 Å². The molecular weight excluding hydrogens is 498 g/mol. The summed E-state index contributed by atoms with van der Waals surface area (Å²) < 4.78 is 30.3. The highest BCUT2D eigenvalue weighted by Gasteiger charge is 2.29. The van der Waals surface area contributed by atoms with Gasteiger partial charge in [0.15, 0.2) is 11.5 Å². The molecular formula is C27H21ClF2N6O. The number of benzene rings is 3. The van der Waals surface area contributed by atoms with Crippen molar-refractivity contribution in [3.63, 3.8) is 0 Å². The van der Waals surface area contributed by atoms with Gasteiger partial charge in [0.2, 0.25) is 5.95 Å². The Morgan fingerprint density at radius 2 is 1.65 bits per heavy atom. The lowest BCUT2D eigenvalue weighted by Crippen LogP contribution is -2.49. The molecule has 0 atom stereocenters. The Labute approximate surface area is 215 Å². The first-order valence-corrected chi connectivity index (χ1v) is 12.2. The number of hydrogen-bond acceptors (Lipinski definition) is 5. The van der Waals surface area contributed by atoms with Gasteiger partial charge in [-0.25, -0.2) is 18.2 Å². The molecule has 7 nitrogen and oxygen atoms in total. The van der Waals surface area contributed by atoms with E-state index in [0.29, 0.717) is 41.0 Å². The van der Waals surface area contributed by atoms with E-state index < -0.39 is 23.1 Å². The fourth-order valence-corrected chi connectivity index (χ4v) is 4.91. The van der Waals surface area contributed by atoms with Gasteiger partial charge >= 0.3 is 0 Å². The molecule has 186 valence electrons. The lowest BCUT2D eigenvalue weighted by molar-refractivity contribution is 0.0736.